The predicted molar refractivity (Wildman–Crippen MR) is 72.0 cm³/mol. The van der Waals surface area contributed by atoms with Crippen molar-refractivity contribution in [2.75, 3.05) is 39.5 Å². The summed E-state index contributed by atoms with van der Waals surface area (Å²) >= 11 is 0. The Kier molecular flexibility index (Phi) is 11.1. The molecule has 0 spiro atoms. The fourth-order valence-electron chi connectivity index (χ4n) is 1.48. The van der Waals surface area contributed by atoms with E-state index >= 15 is 0 Å². The van der Waals surface area contributed by atoms with Crippen molar-refractivity contribution in [2.24, 2.45) is 5.73 Å². The van der Waals surface area contributed by atoms with Crippen LogP contribution in [0.5, 0.6) is 0 Å². The Labute approximate surface area is 106 Å². The summed E-state index contributed by atoms with van der Waals surface area (Å²) in [5.41, 5.74) is 5.41. The first-order chi connectivity index (χ1) is 8.18. The molecule has 5 nitrogen and oxygen atoms in total. The van der Waals surface area contributed by atoms with Gasteiger partial charge < -0.3 is 24.3 Å². The third-order valence-corrected chi connectivity index (χ3v) is 4.62. The van der Waals surface area contributed by atoms with Crippen LogP contribution in [-0.4, -0.2) is 48.3 Å². The lowest BCUT2D eigenvalue weighted by atomic mass is 10.3. The van der Waals surface area contributed by atoms with Gasteiger partial charge in [0.1, 0.15) is 0 Å². The zero-order valence-electron chi connectivity index (χ0n) is 11.5. The smallest absolute Gasteiger partial charge is 0.374 e. The van der Waals surface area contributed by atoms with E-state index in [0.717, 1.165) is 32.5 Å². The van der Waals surface area contributed by atoms with Crippen LogP contribution in [0.25, 0.3) is 0 Å². The Hall–Kier alpha value is 0.0169. The van der Waals surface area contributed by atoms with Crippen LogP contribution in [0.1, 0.15) is 26.7 Å². The summed E-state index contributed by atoms with van der Waals surface area (Å²) in [7, 11) is -2.38. The topological polar surface area (TPSA) is 65.7 Å². The lowest BCUT2D eigenvalue weighted by Gasteiger charge is -2.25. The number of unbranched alkanes of at least 4 members (excludes halogenated alkanes) is 1. The lowest BCUT2D eigenvalue weighted by Crippen LogP contribution is -2.44. The largest absolute Gasteiger partial charge is 0.497 e. The van der Waals surface area contributed by atoms with Gasteiger partial charge in [-0.2, -0.15) is 0 Å². The molecule has 0 fully saturated rings. The van der Waals surface area contributed by atoms with E-state index in [4.69, 9.17) is 19.0 Å². The first-order valence-electron chi connectivity index (χ1n) is 6.51. The predicted octanol–water partition coefficient (Wildman–Crippen LogP) is 0.973. The third kappa shape index (κ3) is 9.69. The van der Waals surface area contributed by atoms with Gasteiger partial charge in [0, 0.05) is 26.3 Å². The minimum Gasteiger partial charge on any atom is -0.374 e. The van der Waals surface area contributed by atoms with E-state index in [-0.39, 0.29) is 0 Å². The molecule has 0 amide bonds. The molecule has 0 bridgehead atoms. The number of nitrogens with two attached hydrogens (primary N) is 1. The van der Waals surface area contributed by atoms with Gasteiger partial charge >= 0.3 is 8.80 Å². The van der Waals surface area contributed by atoms with E-state index in [1.807, 2.05) is 20.4 Å². The molecule has 0 aromatic heterocycles. The highest BCUT2D eigenvalue weighted by Gasteiger charge is 2.33. The molecule has 6 heteroatoms. The average molecular weight is 264 g/mol. The number of rotatable bonds is 12. The van der Waals surface area contributed by atoms with Crippen molar-refractivity contribution in [2.45, 2.75) is 33.2 Å². The Morgan fingerprint density at radius 3 is 2.18 bits per heavy atom. The highest BCUT2D eigenvalue weighted by Crippen LogP contribution is 2.08. The van der Waals surface area contributed by atoms with Crippen LogP contribution in [0.2, 0.25) is 6.55 Å². The molecule has 0 heterocycles. The summed E-state index contributed by atoms with van der Waals surface area (Å²) < 4.78 is 16.9. The molecule has 3 N–H and O–H groups in total. The standard InChI is InChI=1S/C11H28N2O3Si/c1-4-14-17(3,15-5-2)16-11-10-13-9-7-6-8-12/h13H,4-12H2,1-3H3. The van der Waals surface area contributed by atoms with Crippen molar-refractivity contribution in [3.05, 3.63) is 0 Å². The Bertz CT molecular complexity index is 167. The van der Waals surface area contributed by atoms with Crippen LogP contribution in [0.15, 0.2) is 0 Å². The molecule has 0 aliphatic carbocycles. The van der Waals surface area contributed by atoms with Crippen LogP contribution >= 0.6 is 0 Å². The van der Waals surface area contributed by atoms with E-state index in [2.05, 4.69) is 5.32 Å². The summed E-state index contributed by atoms with van der Waals surface area (Å²) in [5, 5.41) is 3.31. The lowest BCUT2D eigenvalue weighted by molar-refractivity contribution is 0.0746. The van der Waals surface area contributed by atoms with Crippen molar-refractivity contribution in [1.82, 2.24) is 5.32 Å². The summed E-state index contributed by atoms with van der Waals surface area (Å²) in [6.45, 7) is 10.3. The molecule has 0 radical (unpaired) electrons. The average Bonchev–Trinajstić information content (AvgIpc) is 2.28. The van der Waals surface area contributed by atoms with E-state index in [0.29, 0.717) is 19.8 Å². The molecule has 0 aromatic rings. The summed E-state index contributed by atoms with van der Waals surface area (Å²) in [4.78, 5) is 0. The second-order valence-corrected chi connectivity index (χ2v) is 6.41. The highest BCUT2D eigenvalue weighted by molar-refractivity contribution is 6.59. The summed E-state index contributed by atoms with van der Waals surface area (Å²) in [6.07, 6.45) is 2.18. The molecule has 17 heavy (non-hydrogen) atoms. The molecule has 0 rings (SSSR count). The van der Waals surface area contributed by atoms with Gasteiger partial charge in [-0.25, -0.2) is 0 Å². The fraction of sp³-hybridized carbons (Fsp3) is 1.00. The molecular weight excluding hydrogens is 236 g/mol. The van der Waals surface area contributed by atoms with Crippen molar-refractivity contribution in [3.63, 3.8) is 0 Å². The summed E-state index contributed by atoms with van der Waals surface area (Å²) in [6, 6.07) is 0. The van der Waals surface area contributed by atoms with Gasteiger partial charge in [-0.15, -0.1) is 0 Å². The molecule has 0 saturated heterocycles. The van der Waals surface area contributed by atoms with Gasteiger partial charge in [-0.3, -0.25) is 0 Å². The maximum absolute atomic E-state index is 5.72. The molecule has 0 aromatic carbocycles. The van der Waals surface area contributed by atoms with E-state index < -0.39 is 8.80 Å². The minimum absolute atomic E-state index is 0.630. The van der Waals surface area contributed by atoms with Gasteiger partial charge in [-0.05, 0) is 39.8 Å². The second kappa shape index (κ2) is 11.1. The van der Waals surface area contributed by atoms with Gasteiger partial charge in [0.15, 0.2) is 0 Å². The molecule has 0 unspecified atom stereocenters. The number of nitrogens with one attached hydrogen (secondary N) is 1. The quantitative estimate of drug-likeness (QED) is 0.406. The van der Waals surface area contributed by atoms with Crippen LogP contribution in [0, 0.1) is 0 Å². The maximum atomic E-state index is 5.72. The first kappa shape index (κ1) is 17.0. The minimum atomic E-state index is -2.38. The van der Waals surface area contributed by atoms with Gasteiger partial charge in [0.25, 0.3) is 0 Å². The van der Waals surface area contributed by atoms with Gasteiger partial charge in [0.05, 0.1) is 6.61 Å². The van der Waals surface area contributed by atoms with Crippen LogP contribution in [0.4, 0.5) is 0 Å². The molecule has 0 saturated carbocycles. The first-order valence-corrected chi connectivity index (χ1v) is 8.73. The third-order valence-electron chi connectivity index (χ3n) is 2.26. The number of hydrogen-bond acceptors (Lipinski definition) is 5. The van der Waals surface area contributed by atoms with Crippen molar-refractivity contribution in [1.29, 1.82) is 0 Å². The van der Waals surface area contributed by atoms with Crippen LogP contribution in [-0.2, 0) is 13.3 Å². The van der Waals surface area contributed by atoms with E-state index in [1.165, 1.54) is 0 Å². The van der Waals surface area contributed by atoms with Crippen molar-refractivity contribution >= 4 is 8.80 Å². The number of hydrogen-bond donors (Lipinski definition) is 2. The fourth-order valence-corrected chi connectivity index (χ4v) is 3.25. The van der Waals surface area contributed by atoms with E-state index in [9.17, 15) is 0 Å². The molecule has 0 aliphatic heterocycles. The molecular formula is C11H28N2O3Si. The summed E-state index contributed by atoms with van der Waals surface area (Å²) in [5.74, 6) is 0. The zero-order chi connectivity index (χ0) is 13.0. The van der Waals surface area contributed by atoms with Crippen LogP contribution < -0.4 is 11.1 Å². The molecule has 0 atom stereocenters. The van der Waals surface area contributed by atoms with Crippen molar-refractivity contribution in [3.8, 4) is 0 Å². The highest BCUT2D eigenvalue weighted by atomic mass is 28.4. The zero-order valence-corrected chi connectivity index (χ0v) is 12.5. The van der Waals surface area contributed by atoms with Crippen LogP contribution in [0.3, 0.4) is 0 Å². The Balaban J connectivity index is 3.54. The second-order valence-electron chi connectivity index (χ2n) is 3.82. The molecule has 0 aliphatic rings. The Morgan fingerprint density at radius 2 is 1.65 bits per heavy atom. The van der Waals surface area contributed by atoms with Crippen molar-refractivity contribution < 1.29 is 13.3 Å². The SMILES string of the molecule is CCO[Si](C)(OCC)OCCNCCCCN. The molecule has 104 valence electrons. The maximum Gasteiger partial charge on any atom is 0.497 e. The van der Waals surface area contributed by atoms with Gasteiger partial charge in [-0.1, -0.05) is 0 Å². The van der Waals surface area contributed by atoms with Gasteiger partial charge in [0.2, 0.25) is 0 Å². The van der Waals surface area contributed by atoms with E-state index in [1.54, 1.807) is 0 Å². The normalized spacial score (nSPS) is 12.0. The monoisotopic (exact) mass is 264 g/mol. The Morgan fingerprint density at radius 1 is 1.00 bits per heavy atom.